The Balaban J connectivity index is 1.76. The summed E-state index contributed by atoms with van der Waals surface area (Å²) in [5, 5.41) is 4.17. The molecule has 6 heteroatoms. The molecule has 0 radical (unpaired) electrons. The smallest absolute Gasteiger partial charge is 0.231 e. The molecule has 1 saturated carbocycles. The molecule has 1 aromatic rings. The van der Waals surface area contributed by atoms with Crippen LogP contribution in [0.4, 0.5) is 0 Å². The Morgan fingerprint density at radius 3 is 3.06 bits per heavy atom. The minimum Gasteiger partial charge on any atom is -0.339 e. The molecule has 5 nitrogen and oxygen atoms in total. The van der Waals surface area contributed by atoms with Gasteiger partial charge < -0.3 is 10.3 Å². The van der Waals surface area contributed by atoms with Crippen LogP contribution in [0.5, 0.6) is 0 Å². The Labute approximate surface area is 111 Å². The van der Waals surface area contributed by atoms with E-state index in [0.717, 1.165) is 36.9 Å². The highest BCUT2D eigenvalue weighted by molar-refractivity contribution is 7.99. The topological polar surface area (TPSA) is 68.2 Å². The quantitative estimate of drug-likeness (QED) is 0.874. The zero-order valence-corrected chi connectivity index (χ0v) is 11.5. The molecule has 0 bridgehead atoms. The van der Waals surface area contributed by atoms with E-state index in [1.807, 2.05) is 11.8 Å². The van der Waals surface area contributed by atoms with Gasteiger partial charge in [0, 0.05) is 24.1 Å². The Kier molecular flexibility index (Phi) is 3.59. The zero-order chi connectivity index (χ0) is 12.5. The summed E-state index contributed by atoms with van der Waals surface area (Å²) in [4.78, 5) is 6.91. The van der Waals surface area contributed by atoms with Crippen molar-refractivity contribution < 1.29 is 4.52 Å². The highest BCUT2D eigenvalue weighted by Crippen LogP contribution is 2.34. The lowest BCUT2D eigenvalue weighted by atomic mass is 10.1. The lowest BCUT2D eigenvalue weighted by Crippen LogP contribution is -2.33. The molecule has 3 unspecified atom stereocenters. The van der Waals surface area contributed by atoms with E-state index in [4.69, 9.17) is 10.3 Å². The predicted molar refractivity (Wildman–Crippen MR) is 71.6 cm³/mol. The molecule has 2 aliphatic rings. The van der Waals surface area contributed by atoms with E-state index in [0.29, 0.717) is 6.04 Å². The van der Waals surface area contributed by atoms with Gasteiger partial charge in [-0.3, -0.25) is 4.90 Å². The maximum Gasteiger partial charge on any atom is 0.231 e. The second kappa shape index (κ2) is 5.19. The Morgan fingerprint density at radius 1 is 1.44 bits per heavy atom. The monoisotopic (exact) mass is 268 g/mol. The number of nitrogens with two attached hydrogens (primary N) is 1. The van der Waals surface area contributed by atoms with Crippen LogP contribution in [-0.4, -0.2) is 46.2 Å². The van der Waals surface area contributed by atoms with Crippen molar-refractivity contribution in [3.8, 4) is 0 Å². The van der Waals surface area contributed by atoms with E-state index in [1.54, 1.807) is 0 Å². The molecule has 1 aromatic heterocycles. The van der Waals surface area contributed by atoms with Gasteiger partial charge in [0.05, 0.1) is 12.0 Å². The third kappa shape index (κ3) is 2.29. The Hall–Kier alpha value is -0.590. The number of rotatable bonds is 2. The van der Waals surface area contributed by atoms with Crippen LogP contribution in [-0.2, 0) is 0 Å². The van der Waals surface area contributed by atoms with Crippen molar-refractivity contribution in [2.75, 3.05) is 25.1 Å². The number of hydrogen-bond donors (Lipinski definition) is 1. The van der Waals surface area contributed by atoms with Gasteiger partial charge in [-0.1, -0.05) is 11.6 Å². The van der Waals surface area contributed by atoms with Crippen molar-refractivity contribution >= 4 is 11.8 Å². The Bertz CT molecular complexity index is 411. The molecule has 0 aromatic carbocycles. The largest absolute Gasteiger partial charge is 0.339 e. The number of nitrogens with zero attached hydrogens (tertiary/aromatic N) is 3. The van der Waals surface area contributed by atoms with E-state index in [9.17, 15) is 0 Å². The third-order valence-electron chi connectivity index (χ3n) is 4.04. The fourth-order valence-corrected chi connectivity index (χ4v) is 4.00. The summed E-state index contributed by atoms with van der Waals surface area (Å²) in [5.74, 6) is 4.09. The highest BCUT2D eigenvalue weighted by atomic mass is 32.2. The van der Waals surface area contributed by atoms with Crippen LogP contribution >= 0.6 is 11.8 Å². The molecule has 0 amide bonds. The molecule has 1 aliphatic carbocycles. The Morgan fingerprint density at radius 2 is 2.33 bits per heavy atom. The zero-order valence-electron chi connectivity index (χ0n) is 10.7. The molecule has 100 valence electrons. The van der Waals surface area contributed by atoms with Crippen LogP contribution in [0.15, 0.2) is 4.52 Å². The van der Waals surface area contributed by atoms with E-state index >= 15 is 0 Å². The summed E-state index contributed by atoms with van der Waals surface area (Å²) in [6, 6.07) is 0.482. The first kappa shape index (κ1) is 12.4. The second-order valence-electron chi connectivity index (χ2n) is 5.26. The molecule has 2 heterocycles. The SMILES string of the molecule is CN1CCSCC1c1noc(C2CCCC2N)n1. The number of aromatic nitrogens is 2. The maximum absolute atomic E-state index is 6.08. The first-order valence-electron chi connectivity index (χ1n) is 6.63. The van der Waals surface area contributed by atoms with Crippen molar-refractivity contribution in [1.29, 1.82) is 0 Å². The van der Waals surface area contributed by atoms with Crippen LogP contribution in [0.2, 0.25) is 0 Å². The highest BCUT2D eigenvalue weighted by Gasteiger charge is 2.32. The first-order chi connectivity index (χ1) is 8.75. The van der Waals surface area contributed by atoms with Crippen molar-refractivity contribution in [3.05, 3.63) is 11.7 Å². The van der Waals surface area contributed by atoms with Crippen LogP contribution in [0, 0.1) is 0 Å². The van der Waals surface area contributed by atoms with Crippen molar-refractivity contribution in [1.82, 2.24) is 15.0 Å². The van der Waals surface area contributed by atoms with Crippen molar-refractivity contribution in [2.45, 2.75) is 37.3 Å². The van der Waals surface area contributed by atoms with E-state index in [2.05, 4.69) is 22.1 Å². The van der Waals surface area contributed by atoms with Gasteiger partial charge in [0.25, 0.3) is 0 Å². The summed E-state index contributed by atoms with van der Waals surface area (Å²) in [6.45, 7) is 1.09. The normalized spacial score (nSPS) is 34.0. The van der Waals surface area contributed by atoms with Gasteiger partial charge in [0.15, 0.2) is 5.82 Å². The summed E-state index contributed by atoms with van der Waals surface area (Å²) in [6.07, 6.45) is 3.32. The fourth-order valence-electron chi connectivity index (χ4n) is 2.79. The second-order valence-corrected chi connectivity index (χ2v) is 6.41. The fraction of sp³-hybridized carbons (Fsp3) is 0.833. The molecular formula is C12H20N4OS. The molecule has 1 saturated heterocycles. The van der Waals surface area contributed by atoms with Gasteiger partial charge >= 0.3 is 0 Å². The molecule has 2 N–H and O–H groups in total. The number of hydrogen-bond acceptors (Lipinski definition) is 6. The summed E-state index contributed by atoms with van der Waals surface area (Å²) in [7, 11) is 2.13. The van der Waals surface area contributed by atoms with Crippen molar-refractivity contribution in [2.24, 2.45) is 5.73 Å². The standard InChI is InChI=1S/C12H20N4OS/c1-16-5-6-18-7-10(16)11-14-12(17-15-11)8-3-2-4-9(8)13/h8-10H,2-7,13H2,1H3. The van der Waals surface area contributed by atoms with Crippen LogP contribution in [0.3, 0.4) is 0 Å². The predicted octanol–water partition coefficient (Wildman–Crippen LogP) is 1.38. The molecule has 18 heavy (non-hydrogen) atoms. The molecular weight excluding hydrogens is 248 g/mol. The molecule has 3 rings (SSSR count). The lowest BCUT2D eigenvalue weighted by Gasteiger charge is -2.29. The van der Waals surface area contributed by atoms with Gasteiger partial charge in [-0.25, -0.2) is 0 Å². The molecule has 0 spiro atoms. The minimum atomic E-state index is 0.191. The average molecular weight is 268 g/mol. The van der Waals surface area contributed by atoms with Crippen LogP contribution in [0.25, 0.3) is 0 Å². The van der Waals surface area contributed by atoms with Gasteiger partial charge in [-0.05, 0) is 19.9 Å². The molecule has 1 aliphatic heterocycles. The summed E-state index contributed by atoms with van der Waals surface area (Å²) >= 11 is 1.96. The summed E-state index contributed by atoms with van der Waals surface area (Å²) < 4.78 is 5.44. The van der Waals surface area contributed by atoms with E-state index in [-0.39, 0.29) is 12.0 Å². The average Bonchev–Trinajstić information content (AvgIpc) is 2.98. The van der Waals surface area contributed by atoms with E-state index in [1.165, 1.54) is 12.2 Å². The van der Waals surface area contributed by atoms with E-state index < -0.39 is 0 Å². The molecule has 2 fully saturated rings. The van der Waals surface area contributed by atoms with Gasteiger partial charge in [-0.15, -0.1) is 0 Å². The maximum atomic E-state index is 6.08. The first-order valence-corrected chi connectivity index (χ1v) is 7.78. The number of thioether (sulfide) groups is 1. The van der Waals surface area contributed by atoms with Gasteiger partial charge in [-0.2, -0.15) is 16.7 Å². The lowest BCUT2D eigenvalue weighted by molar-refractivity contribution is 0.255. The van der Waals surface area contributed by atoms with Gasteiger partial charge in [0.1, 0.15) is 0 Å². The minimum absolute atomic E-state index is 0.191. The van der Waals surface area contributed by atoms with Gasteiger partial charge in [0.2, 0.25) is 5.89 Å². The molecule has 3 atom stereocenters. The van der Waals surface area contributed by atoms with Crippen LogP contribution in [0.1, 0.15) is 42.9 Å². The summed E-state index contributed by atoms with van der Waals surface area (Å²) in [5.41, 5.74) is 6.08. The van der Waals surface area contributed by atoms with Crippen molar-refractivity contribution in [3.63, 3.8) is 0 Å². The third-order valence-corrected chi connectivity index (χ3v) is 5.06. The van der Waals surface area contributed by atoms with Crippen LogP contribution < -0.4 is 5.73 Å².